The van der Waals surface area contributed by atoms with E-state index in [2.05, 4.69) is 10.6 Å². The number of hydrogen-bond acceptors (Lipinski definition) is 4. The third-order valence-electron chi connectivity index (χ3n) is 4.51. The van der Waals surface area contributed by atoms with Gasteiger partial charge in [0, 0.05) is 6.54 Å². The Labute approximate surface area is 131 Å². The Morgan fingerprint density at radius 1 is 1.50 bits per heavy atom. The SMILES string of the molecule is COc1ccc2c(c1)CC(C(=O)NCC1CCCNC1)CO2. The average Bonchev–Trinajstić information content (AvgIpc) is 2.59. The predicted octanol–water partition coefficient (Wildman–Crippen LogP) is 1.36. The van der Waals surface area contributed by atoms with Crippen LogP contribution in [0.4, 0.5) is 0 Å². The second kappa shape index (κ2) is 7.01. The van der Waals surface area contributed by atoms with E-state index in [4.69, 9.17) is 9.47 Å². The van der Waals surface area contributed by atoms with Gasteiger partial charge in [-0.25, -0.2) is 0 Å². The molecule has 2 aliphatic rings. The molecule has 5 nitrogen and oxygen atoms in total. The van der Waals surface area contributed by atoms with Gasteiger partial charge in [-0.05, 0) is 62.0 Å². The molecule has 2 atom stereocenters. The van der Waals surface area contributed by atoms with Crippen molar-refractivity contribution in [2.75, 3.05) is 33.4 Å². The van der Waals surface area contributed by atoms with Gasteiger partial charge in [-0.2, -0.15) is 0 Å². The number of fused-ring (bicyclic) bond motifs is 1. The molecule has 2 unspecified atom stereocenters. The average molecular weight is 304 g/mol. The van der Waals surface area contributed by atoms with Crippen molar-refractivity contribution < 1.29 is 14.3 Å². The quantitative estimate of drug-likeness (QED) is 0.882. The third kappa shape index (κ3) is 3.53. The number of methoxy groups -OCH3 is 1. The van der Waals surface area contributed by atoms with Gasteiger partial charge in [0.2, 0.25) is 5.91 Å². The summed E-state index contributed by atoms with van der Waals surface area (Å²) < 4.78 is 11.0. The molecular weight excluding hydrogens is 280 g/mol. The normalized spacial score (nSPS) is 24.0. The highest BCUT2D eigenvalue weighted by molar-refractivity contribution is 5.79. The molecule has 1 aromatic rings. The Hall–Kier alpha value is -1.75. The van der Waals surface area contributed by atoms with Crippen molar-refractivity contribution in [3.8, 4) is 11.5 Å². The third-order valence-corrected chi connectivity index (χ3v) is 4.51. The lowest BCUT2D eigenvalue weighted by molar-refractivity contribution is -0.126. The van der Waals surface area contributed by atoms with E-state index >= 15 is 0 Å². The lowest BCUT2D eigenvalue weighted by Gasteiger charge is -2.27. The van der Waals surface area contributed by atoms with Gasteiger partial charge >= 0.3 is 0 Å². The van der Waals surface area contributed by atoms with Gasteiger partial charge in [0.25, 0.3) is 0 Å². The fourth-order valence-corrected chi connectivity index (χ4v) is 3.15. The second-order valence-electron chi connectivity index (χ2n) is 6.14. The first-order chi connectivity index (χ1) is 10.8. The number of ether oxygens (including phenoxy) is 2. The summed E-state index contributed by atoms with van der Waals surface area (Å²) in [6.07, 6.45) is 3.09. The summed E-state index contributed by atoms with van der Waals surface area (Å²) in [4.78, 5) is 12.4. The first-order valence-electron chi connectivity index (χ1n) is 8.04. The molecule has 1 fully saturated rings. The van der Waals surface area contributed by atoms with Gasteiger partial charge in [-0.3, -0.25) is 4.79 Å². The minimum atomic E-state index is -0.115. The van der Waals surface area contributed by atoms with Gasteiger partial charge in [-0.1, -0.05) is 0 Å². The van der Waals surface area contributed by atoms with E-state index in [9.17, 15) is 4.79 Å². The lowest BCUT2D eigenvalue weighted by Crippen LogP contribution is -2.42. The summed E-state index contributed by atoms with van der Waals surface area (Å²) in [5.74, 6) is 2.20. The summed E-state index contributed by atoms with van der Waals surface area (Å²) in [7, 11) is 1.65. The highest BCUT2D eigenvalue weighted by Gasteiger charge is 2.27. The number of piperidine rings is 1. The monoisotopic (exact) mass is 304 g/mol. The van der Waals surface area contributed by atoms with Crippen LogP contribution < -0.4 is 20.1 Å². The molecule has 120 valence electrons. The van der Waals surface area contributed by atoms with Crippen LogP contribution in [0.15, 0.2) is 18.2 Å². The zero-order valence-electron chi connectivity index (χ0n) is 13.1. The molecule has 0 spiro atoms. The minimum Gasteiger partial charge on any atom is -0.497 e. The van der Waals surface area contributed by atoms with Crippen LogP contribution in [-0.2, 0) is 11.2 Å². The van der Waals surface area contributed by atoms with E-state index in [-0.39, 0.29) is 11.8 Å². The van der Waals surface area contributed by atoms with E-state index in [1.54, 1.807) is 7.11 Å². The Kier molecular flexibility index (Phi) is 4.83. The van der Waals surface area contributed by atoms with Crippen LogP contribution in [0.1, 0.15) is 18.4 Å². The Morgan fingerprint density at radius 2 is 2.41 bits per heavy atom. The first-order valence-corrected chi connectivity index (χ1v) is 8.04. The fourth-order valence-electron chi connectivity index (χ4n) is 3.15. The molecule has 0 radical (unpaired) electrons. The number of benzene rings is 1. The number of hydrogen-bond donors (Lipinski definition) is 2. The maximum atomic E-state index is 12.4. The highest BCUT2D eigenvalue weighted by atomic mass is 16.5. The molecule has 0 saturated carbocycles. The number of carbonyl (C=O) groups excluding carboxylic acids is 1. The number of carbonyl (C=O) groups is 1. The summed E-state index contributed by atoms with van der Waals surface area (Å²) in [5, 5.41) is 6.47. The molecule has 2 heterocycles. The van der Waals surface area contributed by atoms with Crippen LogP contribution in [0.5, 0.6) is 11.5 Å². The topological polar surface area (TPSA) is 59.6 Å². The maximum Gasteiger partial charge on any atom is 0.226 e. The van der Waals surface area contributed by atoms with Gasteiger partial charge in [0.05, 0.1) is 13.0 Å². The number of nitrogens with one attached hydrogen (secondary N) is 2. The molecule has 22 heavy (non-hydrogen) atoms. The van der Waals surface area contributed by atoms with Crippen LogP contribution >= 0.6 is 0 Å². The maximum absolute atomic E-state index is 12.4. The van der Waals surface area contributed by atoms with E-state index in [0.29, 0.717) is 18.9 Å². The van der Waals surface area contributed by atoms with Crippen molar-refractivity contribution in [1.82, 2.24) is 10.6 Å². The molecule has 0 bridgehead atoms. The zero-order valence-corrected chi connectivity index (χ0v) is 13.1. The van der Waals surface area contributed by atoms with E-state index in [0.717, 1.165) is 36.7 Å². The van der Waals surface area contributed by atoms with Crippen LogP contribution in [0.3, 0.4) is 0 Å². The van der Waals surface area contributed by atoms with Crippen molar-refractivity contribution in [3.05, 3.63) is 23.8 Å². The molecule has 5 heteroatoms. The molecule has 2 aliphatic heterocycles. The second-order valence-corrected chi connectivity index (χ2v) is 6.14. The lowest BCUT2D eigenvalue weighted by atomic mass is 9.95. The van der Waals surface area contributed by atoms with Crippen molar-refractivity contribution in [1.29, 1.82) is 0 Å². The Balaban J connectivity index is 1.55. The van der Waals surface area contributed by atoms with Crippen LogP contribution in [0, 0.1) is 11.8 Å². The van der Waals surface area contributed by atoms with Crippen molar-refractivity contribution in [2.24, 2.45) is 11.8 Å². The summed E-state index contributed by atoms with van der Waals surface area (Å²) in [5.41, 5.74) is 1.05. The van der Waals surface area contributed by atoms with E-state index in [1.165, 1.54) is 12.8 Å². The van der Waals surface area contributed by atoms with Crippen molar-refractivity contribution >= 4 is 5.91 Å². The molecule has 1 saturated heterocycles. The van der Waals surface area contributed by atoms with Gasteiger partial charge < -0.3 is 20.1 Å². The molecular formula is C17H24N2O3. The van der Waals surface area contributed by atoms with Crippen LogP contribution in [0.2, 0.25) is 0 Å². The predicted molar refractivity (Wildman–Crippen MR) is 84.3 cm³/mol. The molecule has 2 N–H and O–H groups in total. The molecule has 1 aromatic carbocycles. The summed E-state index contributed by atoms with van der Waals surface area (Å²) in [6.45, 7) is 3.31. The molecule has 3 rings (SSSR count). The molecule has 1 amide bonds. The fraction of sp³-hybridized carbons (Fsp3) is 0.588. The minimum absolute atomic E-state index is 0.0963. The number of amides is 1. The summed E-state index contributed by atoms with van der Waals surface area (Å²) in [6, 6.07) is 5.76. The standard InChI is InChI=1S/C17H24N2O3/c1-21-15-4-5-16-13(8-15)7-14(11-22-16)17(20)19-10-12-3-2-6-18-9-12/h4-5,8,12,14,18H,2-3,6-7,9-11H2,1H3,(H,19,20). The largest absolute Gasteiger partial charge is 0.497 e. The van der Waals surface area contributed by atoms with E-state index < -0.39 is 0 Å². The first kappa shape index (κ1) is 15.2. The van der Waals surface area contributed by atoms with Crippen molar-refractivity contribution in [2.45, 2.75) is 19.3 Å². The molecule has 0 aromatic heterocycles. The smallest absolute Gasteiger partial charge is 0.226 e. The molecule has 0 aliphatic carbocycles. The van der Waals surface area contributed by atoms with Crippen molar-refractivity contribution in [3.63, 3.8) is 0 Å². The Morgan fingerprint density at radius 3 is 3.18 bits per heavy atom. The highest BCUT2D eigenvalue weighted by Crippen LogP contribution is 2.30. The van der Waals surface area contributed by atoms with Gasteiger partial charge in [0.1, 0.15) is 18.1 Å². The van der Waals surface area contributed by atoms with Gasteiger partial charge in [-0.15, -0.1) is 0 Å². The number of rotatable bonds is 4. The van der Waals surface area contributed by atoms with Crippen LogP contribution in [-0.4, -0.2) is 39.3 Å². The van der Waals surface area contributed by atoms with Crippen LogP contribution in [0.25, 0.3) is 0 Å². The zero-order chi connectivity index (χ0) is 15.4. The van der Waals surface area contributed by atoms with E-state index in [1.807, 2.05) is 18.2 Å². The van der Waals surface area contributed by atoms with Gasteiger partial charge in [0.15, 0.2) is 0 Å². The Bertz CT molecular complexity index is 527. The summed E-state index contributed by atoms with van der Waals surface area (Å²) >= 11 is 0.